The summed E-state index contributed by atoms with van der Waals surface area (Å²) in [6, 6.07) is 10.1. The fraction of sp³-hybridized carbons (Fsp3) is 0.500. The minimum Gasteiger partial charge on any atom is -0.475 e. The molecule has 1 saturated heterocycles. The van der Waals surface area contributed by atoms with Crippen molar-refractivity contribution in [1.82, 2.24) is 10.2 Å². The maximum atomic E-state index is 12.7. The van der Waals surface area contributed by atoms with Gasteiger partial charge in [0.25, 0.3) is 0 Å². The summed E-state index contributed by atoms with van der Waals surface area (Å²) in [5, 5.41) is 11.3. The number of allylic oxidation sites excluding steroid dienone is 1. The molecule has 1 fully saturated rings. The molecule has 1 spiro atoms. The second-order valence-electron chi connectivity index (χ2n) is 9.25. The molecule has 2 N–H and O–H groups in total. The predicted octanol–water partition coefficient (Wildman–Crippen LogP) is 2.97. The van der Waals surface area contributed by atoms with Crippen LogP contribution in [0.15, 0.2) is 45.8 Å². The van der Waals surface area contributed by atoms with Crippen molar-refractivity contribution in [1.29, 1.82) is 0 Å². The molecule has 2 atom stereocenters. The molecule has 7 nitrogen and oxygen atoms in total. The number of carboxylic acid groups (broad SMARTS) is 1. The second-order valence-corrected chi connectivity index (χ2v) is 10.5. The zero-order valence-corrected chi connectivity index (χ0v) is 18.7. The number of thioether (sulfide) groups is 1. The zero-order valence-electron chi connectivity index (χ0n) is 17.9. The largest absolute Gasteiger partial charge is 0.475 e. The highest BCUT2D eigenvalue weighted by Gasteiger charge is 2.49. The van der Waals surface area contributed by atoms with E-state index in [0.717, 1.165) is 57.2 Å². The molecule has 0 bridgehead atoms. The number of fused-ring (bicyclic) bond motifs is 2. The summed E-state index contributed by atoms with van der Waals surface area (Å²) in [4.78, 5) is 44.0. The summed E-state index contributed by atoms with van der Waals surface area (Å²) in [6.45, 7) is 1.57. The molecule has 1 aromatic carbocycles. The van der Waals surface area contributed by atoms with E-state index in [9.17, 15) is 19.5 Å². The van der Waals surface area contributed by atoms with Crippen LogP contribution in [0.4, 0.5) is 0 Å². The molecule has 1 aromatic rings. The van der Waals surface area contributed by atoms with Crippen molar-refractivity contribution in [3.63, 3.8) is 0 Å². The van der Waals surface area contributed by atoms with Gasteiger partial charge in [0, 0.05) is 19.5 Å². The monoisotopic (exact) mass is 453 g/mol. The van der Waals surface area contributed by atoms with Crippen LogP contribution in [0.1, 0.15) is 44.1 Å². The van der Waals surface area contributed by atoms with E-state index in [1.165, 1.54) is 10.5 Å². The summed E-state index contributed by atoms with van der Waals surface area (Å²) in [6.07, 6.45) is 6.07. The molecule has 0 radical (unpaired) electrons. The van der Waals surface area contributed by atoms with Crippen LogP contribution in [0, 0.1) is 11.3 Å². The van der Waals surface area contributed by atoms with Crippen molar-refractivity contribution in [3.8, 4) is 0 Å². The number of amides is 2. The average molecular weight is 454 g/mol. The number of carbonyl (C=O) groups is 3. The molecule has 2 amide bonds. The second kappa shape index (κ2) is 8.39. The number of benzene rings is 1. The standard InChI is InChI=1S/C24H27N3O4S/c28-18(7-6-15-4-2-1-3-5-15)27-12-10-24(11-13-27)9-8-16-17(14-24)32-22-19(16)21(29)25-20(26-22)23(30)31/h1-5,19,22H,6-14H2,(H,30,31)(H,25,26,29). The first-order chi connectivity index (χ1) is 15.4. The Morgan fingerprint density at radius 2 is 1.94 bits per heavy atom. The summed E-state index contributed by atoms with van der Waals surface area (Å²) in [7, 11) is 0. The Kier molecular flexibility index (Phi) is 5.57. The smallest absolute Gasteiger partial charge is 0.371 e. The van der Waals surface area contributed by atoms with Crippen LogP contribution in [0.25, 0.3) is 0 Å². The lowest BCUT2D eigenvalue weighted by Gasteiger charge is -2.44. The first-order valence-electron chi connectivity index (χ1n) is 11.3. The Morgan fingerprint density at radius 1 is 1.19 bits per heavy atom. The Hall–Kier alpha value is -2.61. The molecular formula is C24H27N3O4S. The van der Waals surface area contributed by atoms with Crippen molar-refractivity contribution in [2.45, 2.75) is 50.3 Å². The molecule has 3 aliphatic heterocycles. The van der Waals surface area contributed by atoms with Gasteiger partial charge in [0.15, 0.2) is 0 Å². The number of aliphatic imine (C=N–C) groups is 1. The van der Waals surface area contributed by atoms with Gasteiger partial charge < -0.3 is 15.3 Å². The number of likely N-dealkylation sites (tertiary alicyclic amines) is 1. The lowest BCUT2D eigenvalue weighted by Crippen LogP contribution is -2.47. The van der Waals surface area contributed by atoms with Gasteiger partial charge in [-0.15, -0.1) is 11.8 Å². The third-order valence-corrected chi connectivity index (χ3v) is 8.68. The third kappa shape index (κ3) is 3.96. The van der Waals surface area contributed by atoms with Crippen LogP contribution in [0.5, 0.6) is 0 Å². The van der Waals surface area contributed by atoms with E-state index in [-0.39, 0.29) is 34.4 Å². The maximum absolute atomic E-state index is 12.7. The topological polar surface area (TPSA) is 99.1 Å². The predicted molar refractivity (Wildman–Crippen MR) is 122 cm³/mol. The van der Waals surface area contributed by atoms with Crippen LogP contribution in [0.3, 0.4) is 0 Å². The number of carbonyl (C=O) groups excluding carboxylic acids is 2. The van der Waals surface area contributed by atoms with E-state index in [4.69, 9.17) is 0 Å². The number of aliphatic carboxylic acids is 1. The third-order valence-electron chi connectivity index (χ3n) is 7.37. The zero-order chi connectivity index (χ0) is 22.3. The molecule has 3 heterocycles. The van der Waals surface area contributed by atoms with Crippen LogP contribution in [-0.4, -0.2) is 52.1 Å². The number of hydrogen-bond acceptors (Lipinski definition) is 5. The molecule has 2 unspecified atom stereocenters. The Bertz CT molecular complexity index is 1010. The van der Waals surface area contributed by atoms with Gasteiger partial charge in [-0.25, -0.2) is 9.79 Å². The summed E-state index contributed by atoms with van der Waals surface area (Å²) >= 11 is 1.57. The number of aryl methyl sites for hydroxylation is 1. The fourth-order valence-corrected chi connectivity index (χ4v) is 7.12. The molecule has 168 valence electrons. The summed E-state index contributed by atoms with van der Waals surface area (Å²) < 4.78 is 0. The SMILES string of the molecule is O=C(O)C1=NC2SC3=C(CCC4(CCN(C(=O)CCc5ccccc5)CC4)C3)C2C(=O)N1. The van der Waals surface area contributed by atoms with E-state index in [1.807, 2.05) is 23.1 Å². The summed E-state index contributed by atoms with van der Waals surface area (Å²) in [5.41, 5.74) is 2.52. The van der Waals surface area contributed by atoms with Gasteiger partial charge in [-0.2, -0.15) is 0 Å². The molecule has 1 aliphatic carbocycles. The van der Waals surface area contributed by atoms with Crippen LogP contribution < -0.4 is 5.32 Å². The molecule has 8 heteroatoms. The van der Waals surface area contributed by atoms with Gasteiger partial charge in [0.1, 0.15) is 5.37 Å². The van der Waals surface area contributed by atoms with E-state index < -0.39 is 5.97 Å². The van der Waals surface area contributed by atoms with Crippen molar-refractivity contribution < 1.29 is 19.5 Å². The van der Waals surface area contributed by atoms with E-state index in [0.29, 0.717) is 6.42 Å². The minimum absolute atomic E-state index is 0.172. The van der Waals surface area contributed by atoms with Gasteiger partial charge in [-0.3, -0.25) is 9.59 Å². The van der Waals surface area contributed by atoms with Crippen molar-refractivity contribution >= 4 is 35.4 Å². The molecular weight excluding hydrogens is 426 g/mol. The minimum atomic E-state index is -1.19. The number of piperidine rings is 1. The molecule has 0 aromatic heterocycles. The average Bonchev–Trinajstić information content (AvgIpc) is 3.16. The van der Waals surface area contributed by atoms with E-state index in [1.54, 1.807) is 11.8 Å². The Balaban J connectivity index is 1.19. The van der Waals surface area contributed by atoms with Gasteiger partial charge in [-0.05, 0) is 60.0 Å². The number of carboxylic acids is 1. The lowest BCUT2D eigenvalue weighted by molar-refractivity contribution is -0.133. The molecule has 32 heavy (non-hydrogen) atoms. The van der Waals surface area contributed by atoms with Crippen LogP contribution >= 0.6 is 11.8 Å². The highest BCUT2D eigenvalue weighted by Crippen LogP contribution is 2.57. The number of amidine groups is 1. The van der Waals surface area contributed by atoms with Crippen molar-refractivity contribution in [2.24, 2.45) is 16.3 Å². The van der Waals surface area contributed by atoms with Gasteiger partial charge in [0.05, 0.1) is 5.92 Å². The fourth-order valence-electron chi connectivity index (χ4n) is 5.48. The molecule has 5 rings (SSSR count). The number of rotatable bonds is 4. The Labute approximate surface area is 191 Å². The Morgan fingerprint density at radius 3 is 2.66 bits per heavy atom. The van der Waals surface area contributed by atoms with E-state index >= 15 is 0 Å². The quantitative estimate of drug-likeness (QED) is 0.730. The maximum Gasteiger partial charge on any atom is 0.371 e. The number of nitrogens with zero attached hydrogens (tertiary/aromatic N) is 2. The van der Waals surface area contributed by atoms with E-state index in [2.05, 4.69) is 22.4 Å². The lowest BCUT2D eigenvalue weighted by atomic mass is 9.67. The first-order valence-corrected chi connectivity index (χ1v) is 12.1. The van der Waals surface area contributed by atoms with Gasteiger partial charge in [0.2, 0.25) is 17.6 Å². The van der Waals surface area contributed by atoms with Crippen molar-refractivity contribution in [2.75, 3.05) is 13.1 Å². The highest BCUT2D eigenvalue weighted by molar-refractivity contribution is 8.04. The molecule has 0 saturated carbocycles. The highest BCUT2D eigenvalue weighted by atomic mass is 32.2. The normalized spacial score (nSPS) is 26.3. The first kappa shape index (κ1) is 21.2. The van der Waals surface area contributed by atoms with Gasteiger partial charge in [-0.1, -0.05) is 30.3 Å². The van der Waals surface area contributed by atoms with Gasteiger partial charge >= 0.3 is 5.97 Å². The van der Waals surface area contributed by atoms with Crippen molar-refractivity contribution in [3.05, 3.63) is 46.4 Å². The van der Waals surface area contributed by atoms with Crippen LogP contribution in [0.2, 0.25) is 0 Å². The molecule has 4 aliphatic rings. The summed E-state index contributed by atoms with van der Waals surface area (Å²) in [5.74, 6) is -1.79. The van der Waals surface area contributed by atoms with Crippen LogP contribution in [-0.2, 0) is 20.8 Å². The number of hydrogen-bond donors (Lipinski definition) is 2. The number of nitrogens with one attached hydrogen (secondary N) is 1.